The van der Waals surface area contributed by atoms with Crippen molar-refractivity contribution >= 4 is 52.5 Å². The number of allylic oxidation sites excluding steroid dienone is 1. The topological polar surface area (TPSA) is 109 Å². The van der Waals surface area contributed by atoms with Crippen molar-refractivity contribution in [3.63, 3.8) is 0 Å². The molecule has 0 aliphatic rings. The molecular formula is C20H16ClFN3O3P. The number of aromatic amines is 1. The summed E-state index contributed by atoms with van der Waals surface area (Å²) >= 11 is 5.92. The number of primary amides is 1. The molecule has 148 valence electrons. The van der Waals surface area contributed by atoms with E-state index in [1.54, 1.807) is 25.1 Å². The molecular weight excluding hydrogens is 416 g/mol. The molecule has 6 nitrogen and oxygen atoms in total. The van der Waals surface area contributed by atoms with Gasteiger partial charge < -0.3 is 15.2 Å². The smallest absolute Gasteiger partial charge is 0.266 e. The molecule has 3 N–H and O–H groups in total. The fourth-order valence-corrected chi connectivity index (χ4v) is 5.67. The fraction of sp³-hybridized carbons (Fsp3) is 0.100. The van der Waals surface area contributed by atoms with Crippen LogP contribution in [0.1, 0.15) is 21.6 Å². The van der Waals surface area contributed by atoms with Crippen molar-refractivity contribution < 1.29 is 18.3 Å². The van der Waals surface area contributed by atoms with E-state index in [9.17, 15) is 13.8 Å². The maximum atomic E-state index is 14.9. The van der Waals surface area contributed by atoms with Crippen molar-refractivity contribution in [2.45, 2.75) is 6.92 Å². The van der Waals surface area contributed by atoms with Crippen LogP contribution >= 0.6 is 19.0 Å². The van der Waals surface area contributed by atoms with Gasteiger partial charge in [0, 0.05) is 24.0 Å². The normalized spacial score (nSPS) is 13.5. The highest BCUT2D eigenvalue weighted by molar-refractivity contribution is 7.75. The molecule has 0 saturated heterocycles. The second-order valence-electron chi connectivity index (χ2n) is 6.30. The van der Waals surface area contributed by atoms with Crippen LogP contribution in [0.5, 0.6) is 0 Å². The van der Waals surface area contributed by atoms with Gasteiger partial charge in [-0.15, -0.1) is 0 Å². The predicted molar refractivity (Wildman–Crippen MR) is 111 cm³/mol. The number of carbonyl (C=O) groups excluding carboxylic acids is 1. The van der Waals surface area contributed by atoms with Crippen LogP contribution in [0, 0.1) is 24.1 Å². The maximum Gasteiger partial charge on any atom is 0.266 e. The van der Waals surface area contributed by atoms with Crippen LogP contribution in [0.4, 0.5) is 4.39 Å². The number of rotatable bonds is 5. The first kappa shape index (κ1) is 20.8. The van der Waals surface area contributed by atoms with E-state index in [4.69, 9.17) is 27.1 Å². The number of H-pyrrole nitrogens is 1. The fourth-order valence-electron chi connectivity index (χ4n) is 3.20. The largest absolute Gasteiger partial charge is 0.364 e. The lowest BCUT2D eigenvalue weighted by Gasteiger charge is -2.19. The molecule has 9 heteroatoms. The third-order valence-electron chi connectivity index (χ3n) is 4.40. The number of aryl methyl sites for hydroxylation is 1. The second-order valence-corrected chi connectivity index (χ2v) is 9.13. The Morgan fingerprint density at radius 1 is 1.38 bits per heavy atom. The summed E-state index contributed by atoms with van der Waals surface area (Å²) < 4.78 is 34.4. The number of hydrogen-bond donors (Lipinski definition) is 2. The molecule has 3 aromatic rings. The number of fused-ring (bicyclic) bond motifs is 1. The van der Waals surface area contributed by atoms with E-state index in [0.29, 0.717) is 5.56 Å². The molecule has 1 heterocycles. The summed E-state index contributed by atoms with van der Waals surface area (Å²) in [5, 5.41) is 8.50. The van der Waals surface area contributed by atoms with Crippen LogP contribution in [0.25, 0.3) is 17.0 Å². The maximum absolute atomic E-state index is 14.9. The van der Waals surface area contributed by atoms with Gasteiger partial charge in [-0.25, -0.2) is 4.39 Å². The van der Waals surface area contributed by atoms with Gasteiger partial charge in [0.2, 0.25) is 0 Å². The molecule has 1 aromatic heterocycles. The minimum atomic E-state index is -3.97. The van der Waals surface area contributed by atoms with Crippen molar-refractivity contribution in [2.24, 2.45) is 5.73 Å². The Morgan fingerprint density at radius 2 is 2.10 bits per heavy atom. The number of nitrogens with two attached hydrogens (primary N) is 1. The summed E-state index contributed by atoms with van der Waals surface area (Å²) in [6.45, 7) is 1.77. The minimum absolute atomic E-state index is 0.118. The second kappa shape index (κ2) is 7.84. The molecule has 0 aliphatic heterocycles. The van der Waals surface area contributed by atoms with Crippen molar-refractivity contribution in [2.75, 3.05) is 7.11 Å². The first-order valence-electron chi connectivity index (χ1n) is 8.37. The van der Waals surface area contributed by atoms with E-state index in [0.717, 1.165) is 5.56 Å². The molecule has 2 aromatic carbocycles. The Kier molecular flexibility index (Phi) is 5.63. The van der Waals surface area contributed by atoms with Gasteiger partial charge in [-0.1, -0.05) is 17.7 Å². The van der Waals surface area contributed by atoms with Crippen molar-refractivity contribution in [3.8, 4) is 6.07 Å². The van der Waals surface area contributed by atoms with Crippen LogP contribution in [0.2, 0.25) is 5.02 Å². The highest BCUT2D eigenvalue weighted by Crippen LogP contribution is 2.48. The molecule has 0 spiro atoms. The zero-order chi connectivity index (χ0) is 21.3. The lowest BCUT2D eigenvalue weighted by Crippen LogP contribution is -2.26. The molecule has 29 heavy (non-hydrogen) atoms. The Hall–Kier alpha value is -2.91. The molecule has 1 atom stereocenters. The van der Waals surface area contributed by atoms with Crippen LogP contribution in [0.15, 0.2) is 36.4 Å². The molecule has 0 unspecified atom stereocenters. The van der Waals surface area contributed by atoms with Crippen molar-refractivity contribution in [1.29, 1.82) is 5.26 Å². The number of hydrogen-bond acceptors (Lipinski definition) is 4. The first-order valence-corrected chi connectivity index (χ1v) is 10.4. The summed E-state index contributed by atoms with van der Waals surface area (Å²) in [4.78, 5) is 14.8. The summed E-state index contributed by atoms with van der Waals surface area (Å²) in [5.41, 5.74) is 6.79. The third-order valence-corrected chi connectivity index (χ3v) is 7.18. The van der Waals surface area contributed by atoms with E-state index in [1.165, 1.54) is 31.4 Å². The minimum Gasteiger partial charge on any atom is -0.364 e. The Bertz CT molecular complexity index is 1260. The van der Waals surface area contributed by atoms with Crippen molar-refractivity contribution in [3.05, 3.63) is 64.1 Å². The van der Waals surface area contributed by atoms with Gasteiger partial charge in [-0.05, 0) is 48.4 Å². The van der Waals surface area contributed by atoms with Gasteiger partial charge in [0.05, 0.1) is 21.8 Å². The Labute approximate surface area is 171 Å². The summed E-state index contributed by atoms with van der Waals surface area (Å²) in [6, 6.07) is 9.61. The van der Waals surface area contributed by atoms with E-state index >= 15 is 0 Å². The summed E-state index contributed by atoms with van der Waals surface area (Å²) in [6.07, 6.45) is 2.81. The average molecular weight is 432 g/mol. The zero-order valence-electron chi connectivity index (χ0n) is 15.5. The number of nitrogens with one attached hydrogen (secondary N) is 1. The van der Waals surface area contributed by atoms with Gasteiger partial charge >= 0.3 is 0 Å². The van der Waals surface area contributed by atoms with Crippen LogP contribution in [0.3, 0.4) is 0 Å². The van der Waals surface area contributed by atoms with E-state index < -0.39 is 19.1 Å². The Morgan fingerprint density at radius 3 is 2.72 bits per heavy atom. The van der Waals surface area contributed by atoms with Crippen LogP contribution < -0.4 is 16.3 Å². The monoisotopic (exact) mass is 431 g/mol. The SMILES string of the molecule is CO[P@@](=O)(c1cc(C)cc(/C=C/C#N)c1)c1c(C(N)=O)[nH]c2ccc(Cl)c(F)c12. The number of benzene rings is 2. The lowest BCUT2D eigenvalue weighted by molar-refractivity contribution is 0.0997. The molecule has 0 saturated carbocycles. The van der Waals surface area contributed by atoms with E-state index in [2.05, 4.69) is 4.98 Å². The van der Waals surface area contributed by atoms with Crippen LogP contribution in [-0.4, -0.2) is 18.0 Å². The van der Waals surface area contributed by atoms with Gasteiger partial charge in [0.1, 0.15) is 5.69 Å². The van der Waals surface area contributed by atoms with Crippen molar-refractivity contribution in [1.82, 2.24) is 4.98 Å². The number of nitrogens with zero attached hydrogens (tertiary/aromatic N) is 1. The molecule has 0 bridgehead atoms. The molecule has 3 rings (SSSR count). The molecule has 1 amide bonds. The Balaban J connectivity index is 2.42. The predicted octanol–water partition coefficient (Wildman–Crippen LogP) is 3.78. The van der Waals surface area contributed by atoms with Crippen LogP contribution in [-0.2, 0) is 9.09 Å². The standard InChI is InChI=1S/C20H16ClFN3O3P/c1-11-8-12(4-3-7-23)10-13(9-11)29(27,28-2)19-16-15(25-18(19)20(24)26)6-5-14(21)17(16)22/h3-6,8-10,25H,1-2H3,(H2,24,26)/b4-3+/t29-/m0/s1. The van der Waals surface area contributed by atoms with Gasteiger partial charge in [0.25, 0.3) is 13.3 Å². The number of amides is 1. The number of carbonyl (C=O) groups is 1. The molecule has 0 aliphatic carbocycles. The molecule has 0 fully saturated rings. The van der Waals surface area contributed by atoms with Gasteiger partial charge in [-0.2, -0.15) is 5.26 Å². The summed E-state index contributed by atoms with van der Waals surface area (Å²) in [7, 11) is -2.77. The number of halogens is 2. The number of aromatic nitrogens is 1. The average Bonchev–Trinajstić information content (AvgIpc) is 3.09. The summed E-state index contributed by atoms with van der Waals surface area (Å²) in [5.74, 6) is -1.75. The number of nitriles is 1. The quantitative estimate of drug-likeness (QED) is 0.473. The highest BCUT2D eigenvalue weighted by Gasteiger charge is 2.37. The molecule has 0 radical (unpaired) electrons. The first-order chi connectivity index (χ1) is 13.7. The third kappa shape index (κ3) is 3.58. The van der Waals surface area contributed by atoms with E-state index in [-0.39, 0.29) is 32.2 Å². The van der Waals surface area contributed by atoms with Gasteiger partial charge in [0.15, 0.2) is 5.82 Å². The zero-order valence-corrected chi connectivity index (χ0v) is 17.1. The highest BCUT2D eigenvalue weighted by atomic mass is 35.5. The van der Waals surface area contributed by atoms with E-state index in [1.807, 2.05) is 6.07 Å². The van der Waals surface area contributed by atoms with Gasteiger partial charge in [-0.3, -0.25) is 9.36 Å². The lowest BCUT2D eigenvalue weighted by atomic mass is 10.1.